The normalized spacial score (nSPS) is 20.2. The smallest absolute Gasteiger partial charge is 0.371 e. The number of carboxylic acids is 1. The number of hydrogen-bond acceptors (Lipinski definition) is 4. The Hall–Kier alpha value is -1.33. The van der Waals surface area contributed by atoms with Crippen LogP contribution in [0.25, 0.3) is 0 Å². The molecule has 2 N–H and O–H groups in total. The van der Waals surface area contributed by atoms with E-state index in [0.717, 1.165) is 25.2 Å². The van der Waals surface area contributed by atoms with Crippen molar-refractivity contribution in [1.29, 1.82) is 0 Å². The molecule has 1 unspecified atom stereocenters. The van der Waals surface area contributed by atoms with E-state index in [4.69, 9.17) is 14.3 Å². The number of ether oxygens (including phenoxy) is 1. The quantitative estimate of drug-likeness (QED) is 0.804. The maximum Gasteiger partial charge on any atom is 0.371 e. The molecule has 1 fully saturated rings. The highest BCUT2D eigenvalue weighted by Crippen LogP contribution is 2.15. The van der Waals surface area contributed by atoms with E-state index >= 15 is 0 Å². The zero-order valence-electron chi connectivity index (χ0n) is 9.16. The minimum atomic E-state index is -1.03. The van der Waals surface area contributed by atoms with E-state index in [1.54, 1.807) is 13.0 Å². The summed E-state index contributed by atoms with van der Waals surface area (Å²) in [5.74, 6) is -0.376. The van der Waals surface area contributed by atoms with Gasteiger partial charge >= 0.3 is 5.97 Å². The molecule has 0 amide bonds. The van der Waals surface area contributed by atoms with Gasteiger partial charge in [0.05, 0.1) is 6.61 Å². The molecule has 1 aromatic heterocycles. The van der Waals surface area contributed by atoms with Crippen molar-refractivity contribution in [2.75, 3.05) is 13.2 Å². The third kappa shape index (κ3) is 2.43. The Balaban J connectivity index is 1.95. The summed E-state index contributed by atoms with van der Waals surface area (Å²) in [4.78, 5) is 10.7. The van der Waals surface area contributed by atoms with Crippen LogP contribution in [0.3, 0.4) is 0 Å². The maximum absolute atomic E-state index is 10.7. The molecule has 5 heteroatoms. The minimum absolute atomic E-state index is 0.00280. The number of carbonyl (C=O) groups is 1. The Morgan fingerprint density at radius 2 is 2.50 bits per heavy atom. The average Bonchev–Trinajstić information content (AvgIpc) is 2.84. The Morgan fingerprint density at radius 3 is 3.06 bits per heavy atom. The monoisotopic (exact) mass is 225 g/mol. The molecule has 5 nitrogen and oxygen atoms in total. The number of nitrogens with one attached hydrogen (secondary N) is 1. The number of furan rings is 1. The summed E-state index contributed by atoms with van der Waals surface area (Å²) < 4.78 is 10.4. The van der Waals surface area contributed by atoms with Crippen molar-refractivity contribution in [3.8, 4) is 0 Å². The highest BCUT2D eigenvalue weighted by atomic mass is 16.5. The number of rotatable bonds is 4. The number of hydrogen-bond donors (Lipinski definition) is 2. The standard InChI is InChI=1S/C11H15NO4/c1-7-8(4-10(16-7)11(13)14)5-12-9-2-3-15-6-9/h4,9,12H,2-3,5-6H2,1H3,(H,13,14). The van der Waals surface area contributed by atoms with Crippen molar-refractivity contribution in [1.82, 2.24) is 5.32 Å². The molecule has 16 heavy (non-hydrogen) atoms. The first-order valence-electron chi connectivity index (χ1n) is 5.30. The van der Waals surface area contributed by atoms with E-state index in [1.165, 1.54) is 0 Å². The highest BCUT2D eigenvalue weighted by Gasteiger charge is 2.17. The van der Waals surface area contributed by atoms with Gasteiger partial charge in [0.25, 0.3) is 0 Å². The van der Waals surface area contributed by atoms with Gasteiger partial charge in [0.1, 0.15) is 5.76 Å². The first kappa shape index (κ1) is 11.2. The lowest BCUT2D eigenvalue weighted by Crippen LogP contribution is -2.28. The third-order valence-electron chi connectivity index (χ3n) is 2.74. The molecule has 1 aromatic rings. The SMILES string of the molecule is Cc1oc(C(=O)O)cc1CNC1CCOC1. The predicted molar refractivity (Wildman–Crippen MR) is 56.5 cm³/mol. The van der Waals surface area contributed by atoms with Crippen LogP contribution in [-0.2, 0) is 11.3 Å². The second-order valence-corrected chi connectivity index (χ2v) is 3.94. The van der Waals surface area contributed by atoms with Crippen LogP contribution in [-0.4, -0.2) is 30.3 Å². The molecule has 1 aliphatic heterocycles. The van der Waals surface area contributed by atoms with Crippen molar-refractivity contribution < 1.29 is 19.1 Å². The van der Waals surface area contributed by atoms with Crippen LogP contribution in [0.5, 0.6) is 0 Å². The van der Waals surface area contributed by atoms with Crippen LogP contribution in [0.4, 0.5) is 0 Å². The topological polar surface area (TPSA) is 71.7 Å². The molecule has 0 aliphatic carbocycles. The first-order valence-corrected chi connectivity index (χ1v) is 5.30. The van der Waals surface area contributed by atoms with Crippen molar-refractivity contribution in [2.24, 2.45) is 0 Å². The van der Waals surface area contributed by atoms with Crippen LogP contribution in [0.1, 0.15) is 28.3 Å². The molecule has 1 aliphatic rings. The fourth-order valence-corrected chi connectivity index (χ4v) is 1.75. The molecule has 1 saturated heterocycles. The third-order valence-corrected chi connectivity index (χ3v) is 2.74. The Labute approximate surface area is 93.4 Å². The molecule has 2 rings (SSSR count). The largest absolute Gasteiger partial charge is 0.475 e. The fourth-order valence-electron chi connectivity index (χ4n) is 1.75. The first-order chi connectivity index (χ1) is 7.66. The van der Waals surface area contributed by atoms with Crippen LogP contribution >= 0.6 is 0 Å². The van der Waals surface area contributed by atoms with Gasteiger partial charge < -0.3 is 19.6 Å². The summed E-state index contributed by atoms with van der Waals surface area (Å²) in [6.45, 7) is 3.91. The second kappa shape index (κ2) is 4.67. The Morgan fingerprint density at radius 1 is 1.69 bits per heavy atom. The molecule has 88 valence electrons. The van der Waals surface area contributed by atoms with Gasteiger partial charge in [-0.3, -0.25) is 0 Å². The van der Waals surface area contributed by atoms with Gasteiger partial charge in [0.15, 0.2) is 0 Å². The predicted octanol–water partition coefficient (Wildman–Crippen LogP) is 1.16. The van der Waals surface area contributed by atoms with Gasteiger partial charge in [0.2, 0.25) is 5.76 Å². The minimum Gasteiger partial charge on any atom is -0.475 e. The molecular formula is C11H15NO4. The molecule has 0 saturated carbocycles. The van der Waals surface area contributed by atoms with E-state index in [1.807, 2.05) is 0 Å². The molecule has 0 radical (unpaired) electrons. The zero-order chi connectivity index (χ0) is 11.5. The summed E-state index contributed by atoms with van der Waals surface area (Å²) in [6, 6.07) is 1.93. The van der Waals surface area contributed by atoms with Crippen LogP contribution in [0.15, 0.2) is 10.5 Å². The Kier molecular flexibility index (Phi) is 3.26. The van der Waals surface area contributed by atoms with Crippen molar-refractivity contribution >= 4 is 5.97 Å². The molecule has 1 atom stereocenters. The maximum atomic E-state index is 10.7. The average molecular weight is 225 g/mol. The van der Waals surface area contributed by atoms with Crippen molar-refractivity contribution in [3.63, 3.8) is 0 Å². The molecule has 0 aromatic carbocycles. The van der Waals surface area contributed by atoms with Crippen molar-refractivity contribution in [3.05, 3.63) is 23.2 Å². The number of aromatic carboxylic acids is 1. The lowest BCUT2D eigenvalue weighted by molar-refractivity contribution is 0.0661. The van der Waals surface area contributed by atoms with Gasteiger partial charge in [-0.25, -0.2) is 4.79 Å². The lowest BCUT2D eigenvalue weighted by Gasteiger charge is -2.08. The van der Waals surface area contributed by atoms with Gasteiger partial charge in [-0.05, 0) is 19.4 Å². The fraction of sp³-hybridized carbons (Fsp3) is 0.545. The van der Waals surface area contributed by atoms with E-state index in [2.05, 4.69) is 5.32 Å². The molecule has 2 heterocycles. The molecular weight excluding hydrogens is 210 g/mol. The van der Waals surface area contributed by atoms with E-state index in [0.29, 0.717) is 18.3 Å². The van der Waals surface area contributed by atoms with Gasteiger partial charge in [-0.1, -0.05) is 0 Å². The summed E-state index contributed by atoms with van der Waals surface area (Å²) >= 11 is 0. The van der Waals surface area contributed by atoms with Gasteiger partial charge in [-0.15, -0.1) is 0 Å². The van der Waals surface area contributed by atoms with Crippen LogP contribution in [0.2, 0.25) is 0 Å². The Bertz CT molecular complexity index is 379. The molecule has 0 spiro atoms. The van der Waals surface area contributed by atoms with E-state index in [9.17, 15) is 4.79 Å². The number of carboxylic acid groups (broad SMARTS) is 1. The lowest BCUT2D eigenvalue weighted by atomic mass is 10.2. The summed E-state index contributed by atoms with van der Waals surface area (Å²) in [7, 11) is 0. The van der Waals surface area contributed by atoms with Gasteiger partial charge in [0, 0.05) is 24.8 Å². The second-order valence-electron chi connectivity index (χ2n) is 3.94. The molecule has 0 bridgehead atoms. The van der Waals surface area contributed by atoms with E-state index < -0.39 is 5.97 Å². The summed E-state index contributed by atoms with van der Waals surface area (Å²) in [5.41, 5.74) is 0.893. The van der Waals surface area contributed by atoms with Crippen LogP contribution < -0.4 is 5.32 Å². The van der Waals surface area contributed by atoms with Crippen LogP contribution in [0, 0.1) is 6.92 Å². The van der Waals surface area contributed by atoms with Crippen molar-refractivity contribution in [2.45, 2.75) is 25.9 Å². The number of aryl methyl sites for hydroxylation is 1. The van der Waals surface area contributed by atoms with Gasteiger partial charge in [-0.2, -0.15) is 0 Å². The summed E-state index contributed by atoms with van der Waals surface area (Å²) in [5, 5.41) is 12.1. The summed E-state index contributed by atoms with van der Waals surface area (Å²) in [6.07, 6.45) is 1.00. The van der Waals surface area contributed by atoms with E-state index in [-0.39, 0.29) is 5.76 Å². The highest BCUT2D eigenvalue weighted by molar-refractivity contribution is 5.84. The zero-order valence-corrected chi connectivity index (χ0v) is 9.16.